The first-order chi connectivity index (χ1) is 6.92. The average molecular weight is 213 g/mol. The van der Waals surface area contributed by atoms with Gasteiger partial charge >= 0.3 is 5.97 Å². The Hall–Kier alpha value is -1.06. The molecule has 1 saturated carbocycles. The van der Waals surface area contributed by atoms with Crippen molar-refractivity contribution in [1.82, 2.24) is 5.32 Å². The van der Waals surface area contributed by atoms with Gasteiger partial charge in [-0.3, -0.25) is 9.59 Å². The van der Waals surface area contributed by atoms with E-state index in [0.29, 0.717) is 0 Å². The molecule has 0 radical (unpaired) electrons. The molecule has 0 atom stereocenters. The lowest BCUT2D eigenvalue weighted by molar-refractivity contribution is -0.149. The van der Waals surface area contributed by atoms with Gasteiger partial charge in [0.2, 0.25) is 5.91 Å². The summed E-state index contributed by atoms with van der Waals surface area (Å²) in [5.41, 5.74) is -0.970. The molecular formula is C11H19NO3. The Bertz CT molecular complexity index is 255. The third-order valence-corrected chi connectivity index (χ3v) is 2.90. The highest BCUT2D eigenvalue weighted by Gasteiger charge is 2.31. The summed E-state index contributed by atoms with van der Waals surface area (Å²) in [6.07, 6.45) is 4.43. The van der Waals surface area contributed by atoms with Crippen LogP contribution in [0.3, 0.4) is 0 Å². The molecular weight excluding hydrogens is 194 g/mol. The van der Waals surface area contributed by atoms with Crippen LogP contribution in [0.25, 0.3) is 0 Å². The first-order valence-corrected chi connectivity index (χ1v) is 5.44. The molecule has 1 rings (SSSR count). The Balaban J connectivity index is 2.38. The molecule has 1 amide bonds. The molecule has 0 aromatic carbocycles. The summed E-state index contributed by atoms with van der Waals surface area (Å²) in [6.45, 7) is 3.15. The van der Waals surface area contributed by atoms with Crippen molar-refractivity contribution in [3.05, 3.63) is 0 Å². The van der Waals surface area contributed by atoms with Gasteiger partial charge in [-0.05, 0) is 26.7 Å². The fourth-order valence-electron chi connectivity index (χ4n) is 1.83. The Labute approximate surface area is 90.0 Å². The van der Waals surface area contributed by atoms with Gasteiger partial charge in [-0.15, -0.1) is 0 Å². The lowest BCUT2D eigenvalue weighted by atomic mass is 9.89. The molecule has 4 nitrogen and oxygen atoms in total. The van der Waals surface area contributed by atoms with Crippen LogP contribution in [0.2, 0.25) is 0 Å². The van der Waals surface area contributed by atoms with Gasteiger partial charge in [0.15, 0.2) is 0 Å². The lowest BCUT2D eigenvalue weighted by Crippen LogP contribution is -2.37. The van der Waals surface area contributed by atoms with Gasteiger partial charge in [-0.25, -0.2) is 0 Å². The number of nitrogens with one attached hydrogen (secondary N) is 1. The zero-order valence-corrected chi connectivity index (χ0v) is 9.38. The maximum Gasteiger partial charge on any atom is 0.309 e. The van der Waals surface area contributed by atoms with Crippen LogP contribution < -0.4 is 5.32 Å². The Morgan fingerprint density at radius 2 is 1.87 bits per heavy atom. The van der Waals surface area contributed by atoms with E-state index in [4.69, 9.17) is 5.11 Å². The van der Waals surface area contributed by atoms with Crippen molar-refractivity contribution < 1.29 is 14.7 Å². The topological polar surface area (TPSA) is 66.4 Å². The second kappa shape index (κ2) is 4.64. The number of rotatable bonds is 4. The molecule has 0 aliphatic heterocycles. The van der Waals surface area contributed by atoms with Crippen LogP contribution in [0.15, 0.2) is 0 Å². The summed E-state index contributed by atoms with van der Waals surface area (Å²) < 4.78 is 0. The highest BCUT2D eigenvalue weighted by atomic mass is 16.4. The molecule has 86 valence electrons. The summed E-state index contributed by atoms with van der Waals surface area (Å²) in [7, 11) is 0. The minimum Gasteiger partial charge on any atom is -0.481 e. The van der Waals surface area contributed by atoms with Crippen molar-refractivity contribution >= 4 is 11.9 Å². The van der Waals surface area contributed by atoms with Crippen LogP contribution in [0.4, 0.5) is 0 Å². The van der Waals surface area contributed by atoms with Gasteiger partial charge < -0.3 is 10.4 Å². The fourth-order valence-corrected chi connectivity index (χ4v) is 1.83. The molecule has 1 fully saturated rings. The molecule has 0 saturated heterocycles. The zero-order valence-electron chi connectivity index (χ0n) is 9.38. The minimum atomic E-state index is -0.970. The van der Waals surface area contributed by atoms with E-state index in [-0.39, 0.29) is 18.4 Å². The summed E-state index contributed by atoms with van der Waals surface area (Å²) in [5, 5.41) is 11.8. The van der Waals surface area contributed by atoms with E-state index in [1.54, 1.807) is 13.8 Å². The van der Waals surface area contributed by atoms with Crippen LogP contribution in [0.5, 0.6) is 0 Å². The third kappa shape index (κ3) is 3.53. The maximum absolute atomic E-state index is 11.5. The van der Waals surface area contributed by atoms with Gasteiger partial charge in [0.05, 0.1) is 5.41 Å². The van der Waals surface area contributed by atoms with E-state index < -0.39 is 11.4 Å². The molecule has 0 heterocycles. The molecule has 0 aromatic heterocycles. The smallest absolute Gasteiger partial charge is 0.309 e. The largest absolute Gasteiger partial charge is 0.481 e. The van der Waals surface area contributed by atoms with Crippen molar-refractivity contribution in [3.8, 4) is 0 Å². The lowest BCUT2D eigenvalue weighted by Gasteiger charge is -2.20. The summed E-state index contributed by atoms with van der Waals surface area (Å²) in [6, 6.07) is 0.266. The predicted molar refractivity (Wildman–Crippen MR) is 56.4 cm³/mol. The van der Waals surface area contributed by atoms with Crippen LogP contribution in [-0.2, 0) is 9.59 Å². The molecule has 1 aliphatic carbocycles. The van der Waals surface area contributed by atoms with E-state index in [2.05, 4.69) is 5.32 Å². The predicted octanol–water partition coefficient (Wildman–Crippen LogP) is 1.55. The van der Waals surface area contributed by atoms with Crippen molar-refractivity contribution in [2.75, 3.05) is 0 Å². The van der Waals surface area contributed by atoms with Gasteiger partial charge in [0.1, 0.15) is 0 Å². The van der Waals surface area contributed by atoms with Gasteiger partial charge in [-0.1, -0.05) is 12.8 Å². The number of amides is 1. The number of aliphatic carboxylic acids is 1. The third-order valence-electron chi connectivity index (χ3n) is 2.90. The molecule has 15 heavy (non-hydrogen) atoms. The normalized spacial score (nSPS) is 17.7. The molecule has 0 aromatic rings. The number of carboxylic acid groups (broad SMARTS) is 1. The first kappa shape index (κ1) is 12.0. The summed E-state index contributed by atoms with van der Waals surface area (Å²) in [4.78, 5) is 22.4. The zero-order chi connectivity index (χ0) is 11.5. The quantitative estimate of drug-likeness (QED) is 0.744. The van der Waals surface area contributed by atoms with E-state index in [1.807, 2.05) is 0 Å². The van der Waals surface area contributed by atoms with Crippen LogP contribution in [-0.4, -0.2) is 23.0 Å². The van der Waals surface area contributed by atoms with Crippen LogP contribution in [0, 0.1) is 5.41 Å². The number of carboxylic acids is 1. The van der Waals surface area contributed by atoms with E-state index >= 15 is 0 Å². The van der Waals surface area contributed by atoms with Gasteiger partial charge in [-0.2, -0.15) is 0 Å². The average Bonchev–Trinajstić information content (AvgIpc) is 2.54. The first-order valence-electron chi connectivity index (χ1n) is 5.44. The van der Waals surface area contributed by atoms with Crippen molar-refractivity contribution in [2.24, 2.45) is 5.41 Å². The Morgan fingerprint density at radius 3 is 2.33 bits per heavy atom. The molecule has 2 N–H and O–H groups in total. The molecule has 0 unspecified atom stereocenters. The fraction of sp³-hybridized carbons (Fsp3) is 0.818. The number of carbonyl (C=O) groups excluding carboxylic acids is 1. The van der Waals surface area contributed by atoms with E-state index in [9.17, 15) is 9.59 Å². The summed E-state index contributed by atoms with van der Waals surface area (Å²) >= 11 is 0. The van der Waals surface area contributed by atoms with Gasteiger partial charge in [0.25, 0.3) is 0 Å². The van der Waals surface area contributed by atoms with Crippen molar-refractivity contribution in [2.45, 2.75) is 52.0 Å². The monoisotopic (exact) mass is 213 g/mol. The van der Waals surface area contributed by atoms with Gasteiger partial charge in [0, 0.05) is 12.5 Å². The second-order valence-corrected chi connectivity index (χ2v) is 4.91. The molecule has 0 spiro atoms. The standard InChI is InChI=1S/C11H19NO3/c1-11(2,10(14)15)7-9(13)12-8-5-3-4-6-8/h8H,3-7H2,1-2H3,(H,12,13)(H,14,15). The van der Waals surface area contributed by atoms with E-state index in [1.165, 1.54) is 0 Å². The van der Waals surface area contributed by atoms with Crippen LogP contribution in [0.1, 0.15) is 46.0 Å². The van der Waals surface area contributed by atoms with Crippen molar-refractivity contribution in [3.63, 3.8) is 0 Å². The Kier molecular flexibility index (Phi) is 3.72. The molecule has 0 bridgehead atoms. The Morgan fingerprint density at radius 1 is 1.33 bits per heavy atom. The maximum atomic E-state index is 11.5. The highest BCUT2D eigenvalue weighted by Crippen LogP contribution is 2.22. The van der Waals surface area contributed by atoms with E-state index in [0.717, 1.165) is 25.7 Å². The molecule has 1 aliphatic rings. The number of hydrogen-bond donors (Lipinski definition) is 2. The summed E-state index contributed by atoms with van der Waals surface area (Å²) in [5.74, 6) is -1.07. The van der Waals surface area contributed by atoms with Crippen molar-refractivity contribution in [1.29, 1.82) is 0 Å². The number of carbonyl (C=O) groups is 2. The number of hydrogen-bond acceptors (Lipinski definition) is 2. The minimum absolute atomic E-state index is 0.0544. The van der Waals surface area contributed by atoms with Crippen LogP contribution >= 0.6 is 0 Å². The SMILES string of the molecule is CC(C)(CC(=O)NC1CCCC1)C(=O)O. The highest BCUT2D eigenvalue weighted by molar-refractivity contribution is 5.84. The molecule has 4 heteroatoms. The second-order valence-electron chi connectivity index (χ2n) is 4.91.